The molecular formula is C15H18FNO3S2. The summed E-state index contributed by atoms with van der Waals surface area (Å²) in [6.45, 7) is 0.484. The Kier molecular flexibility index (Phi) is 6.14. The SMILES string of the molecule is CSCC(=O)N1CC[C@H](SCc2ccc(F)cc2)[C@H]1C(=O)O. The van der Waals surface area contributed by atoms with Crippen LogP contribution in [0.15, 0.2) is 24.3 Å². The Morgan fingerprint density at radius 3 is 2.64 bits per heavy atom. The van der Waals surface area contributed by atoms with Crippen LogP contribution in [-0.2, 0) is 15.3 Å². The van der Waals surface area contributed by atoms with Crippen LogP contribution in [0.1, 0.15) is 12.0 Å². The monoisotopic (exact) mass is 343 g/mol. The van der Waals surface area contributed by atoms with Gasteiger partial charge in [0.1, 0.15) is 11.9 Å². The maximum absolute atomic E-state index is 12.9. The third-order valence-electron chi connectivity index (χ3n) is 3.56. The Balaban J connectivity index is 1.99. The molecule has 1 aromatic rings. The summed E-state index contributed by atoms with van der Waals surface area (Å²) in [5, 5.41) is 9.31. The lowest BCUT2D eigenvalue weighted by Crippen LogP contribution is -2.45. The fourth-order valence-corrected chi connectivity index (χ4v) is 4.23. The van der Waals surface area contributed by atoms with Gasteiger partial charge >= 0.3 is 5.97 Å². The summed E-state index contributed by atoms with van der Waals surface area (Å²) in [4.78, 5) is 25.0. The van der Waals surface area contributed by atoms with Crippen molar-refractivity contribution >= 4 is 35.4 Å². The molecule has 4 nitrogen and oxygen atoms in total. The second-order valence-electron chi connectivity index (χ2n) is 5.07. The molecule has 2 rings (SSSR count). The lowest BCUT2D eigenvalue weighted by Gasteiger charge is -2.24. The van der Waals surface area contributed by atoms with Gasteiger partial charge in [-0.25, -0.2) is 9.18 Å². The minimum atomic E-state index is -0.955. The maximum atomic E-state index is 12.9. The molecule has 1 aliphatic rings. The van der Waals surface area contributed by atoms with E-state index in [-0.39, 0.29) is 17.0 Å². The second-order valence-corrected chi connectivity index (χ2v) is 7.16. The van der Waals surface area contributed by atoms with Gasteiger partial charge in [-0.1, -0.05) is 12.1 Å². The lowest BCUT2D eigenvalue weighted by atomic mass is 10.2. The Labute approximate surface area is 137 Å². The van der Waals surface area contributed by atoms with Crippen LogP contribution in [0.4, 0.5) is 4.39 Å². The molecule has 0 radical (unpaired) electrons. The third-order valence-corrected chi connectivity index (χ3v) is 5.52. The quantitative estimate of drug-likeness (QED) is 0.860. The Bertz CT molecular complexity index is 538. The number of carbonyl (C=O) groups excluding carboxylic acids is 1. The Morgan fingerprint density at radius 1 is 1.36 bits per heavy atom. The van der Waals surface area contributed by atoms with Gasteiger partial charge in [0.2, 0.25) is 5.91 Å². The molecule has 0 aliphatic carbocycles. The first-order valence-corrected chi connectivity index (χ1v) is 9.34. The van der Waals surface area contributed by atoms with Gasteiger partial charge < -0.3 is 10.0 Å². The highest BCUT2D eigenvalue weighted by Gasteiger charge is 2.41. The first-order chi connectivity index (χ1) is 10.5. The van der Waals surface area contributed by atoms with Crippen LogP contribution in [-0.4, -0.2) is 51.7 Å². The van der Waals surface area contributed by atoms with Gasteiger partial charge in [-0.05, 0) is 30.4 Å². The molecular weight excluding hydrogens is 325 g/mol. The predicted octanol–water partition coefficient (Wildman–Crippen LogP) is 2.48. The predicted molar refractivity (Wildman–Crippen MR) is 87.6 cm³/mol. The molecule has 2 atom stereocenters. The standard InChI is InChI=1S/C15H18FNO3S2/c1-21-9-13(18)17-7-6-12(14(17)15(19)20)22-8-10-2-4-11(16)5-3-10/h2-5,12,14H,6-9H2,1H3,(H,19,20)/t12-,14-/m0/s1. The largest absolute Gasteiger partial charge is 0.480 e. The van der Waals surface area contributed by atoms with Gasteiger partial charge in [-0.15, -0.1) is 0 Å². The van der Waals surface area contributed by atoms with Gasteiger partial charge in [0.15, 0.2) is 0 Å². The molecule has 1 aliphatic heterocycles. The van der Waals surface area contributed by atoms with E-state index in [0.717, 1.165) is 5.56 Å². The van der Waals surface area contributed by atoms with Crippen LogP contribution in [0.25, 0.3) is 0 Å². The molecule has 120 valence electrons. The summed E-state index contributed by atoms with van der Waals surface area (Å²) in [6, 6.07) is 5.42. The van der Waals surface area contributed by atoms with Crippen LogP contribution in [0.5, 0.6) is 0 Å². The van der Waals surface area contributed by atoms with Crippen molar-refractivity contribution in [3.63, 3.8) is 0 Å². The number of likely N-dealkylation sites (tertiary alicyclic amines) is 1. The molecule has 22 heavy (non-hydrogen) atoms. The van der Waals surface area contributed by atoms with E-state index in [9.17, 15) is 19.1 Å². The number of nitrogens with zero attached hydrogens (tertiary/aromatic N) is 1. The van der Waals surface area contributed by atoms with Gasteiger partial charge in [0, 0.05) is 17.5 Å². The van der Waals surface area contributed by atoms with Crippen LogP contribution in [0.3, 0.4) is 0 Å². The number of hydrogen-bond donors (Lipinski definition) is 1. The zero-order valence-corrected chi connectivity index (χ0v) is 13.8. The van der Waals surface area contributed by atoms with Crippen LogP contribution in [0, 0.1) is 5.82 Å². The summed E-state index contributed by atoms with van der Waals surface area (Å²) < 4.78 is 12.9. The average molecular weight is 343 g/mol. The van der Waals surface area contributed by atoms with Crippen molar-refractivity contribution in [2.45, 2.75) is 23.5 Å². The number of rotatable bonds is 6. The molecule has 1 amide bonds. The Hall–Kier alpha value is -1.21. The molecule has 0 spiro atoms. The van der Waals surface area contributed by atoms with Crippen LogP contribution < -0.4 is 0 Å². The number of carboxylic acids is 1. The maximum Gasteiger partial charge on any atom is 0.327 e. The highest BCUT2D eigenvalue weighted by molar-refractivity contribution is 7.99. The summed E-state index contributed by atoms with van der Waals surface area (Å²) >= 11 is 2.91. The fraction of sp³-hybridized carbons (Fsp3) is 0.467. The summed E-state index contributed by atoms with van der Waals surface area (Å²) in [6.07, 6.45) is 2.49. The molecule has 1 heterocycles. The summed E-state index contributed by atoms with van der Waals surface area (Å²) in [5.41, 5.74) is 0.949. The van der Waals surface area contributed by atoms with E-state index in [0.29, 0.717) is 24.5 Å². The number of benzene rings is 1. The molecule has 0 unspecified atom stereocenters. The molecule has 0 aromatic heterocycles. The highest BCUT2D eigenvalue weighted by Crippen LogP contribution is 2.32. The van der Waals surface area contributed by atoms with Crippen LogP contribution in [0.2, 0.25) is 0 Å². The average Bonchev–Trinajstić information content (AvgIpc) is 2.91. The zero-order chi connectivity index (χ0) is 16.1. The van der Waals surface area contributed by atoms with Gasteiger partial charge in [-0.3, -0.25) is 4.79 Å². The smallest absolute Gasteiger partial charge is 0.327 e. The normalized spacial score (nSPS) is 21.1. The zero-order valence-electron chi connectivity index (χ0n) is 12.2. The van der Waals surface area contributed by atoms with Crippen molar-refractivity contribution in [3.8, 4) is 0 Å². The van der Waals surface area contributed by atoms with Gasteiger partial charge in [0.25, 0.3) is 0 Å². The molecule has 1 aromatic carbocycles. The number of hydrogen-bond acceptors (Lipinski definition) is 4. The van der Waals surface area contributed by atoms with E-state index in [4.69, 9.17) is 0 Å². The minimum absolute atomic E-state index is 0.121. The van der Waals surface area contributed by atoms with E-state index >= 15 is 0 Å². The molecule has 0 bridgehead atoms. The van der Waals surface area contributed by atoms with Crippen molar-refractivity contribution in [1.29, 1.82) is 0 Å². The Morgan fingerprint density at radius 2 is 2.05 bits per heavy atom. The molecule has 1 N–H and O–H groups in total. The van der Waals surface area contributed by atoms with Crippen molar-refractivity contribution in [2.24, 2.45) is 0 Å². The summed E-state index contributed by atoms with van der Waals surface area (Å²) in [7, 11) is 0. The highest BCUT2D eigenvalue weighted by atomic mass is 32.2. The lowest BCUT2D eigenvalue weighted by molar-refractivity contribution is -0.147. The number of thioether (sulfide) groups is 2. The first-order valence-electron chi connectivity index (χ1n) is 6.90. The summed E-state index contributed by atoms with van der Waals surface area (Å²) in [5.74, 6) is -0.446. The van der Waals surface area contributed by atoms with Crippen molar-refractivity contribution in [2.75, 3.05) is 18.6 Å². The van der Waals surface area contributed by atoms with E-state index in [2.05, 4.69) is 0 Å². The van der Waals surface area contributed by atoms with E-state index in [1.165, 1.54) is 40.6 Å². The molecule has 7 heteroatoms. The molecule has 1 fully saturated rings. The van der Waals surface area contributed by atoms with Crippen molar-refractivity contribution in [1.82, 2.24) is 4.90 Å². The number of halogens is 1. The minimum Gasteiger partial charge on any atom is -0.480 e. The van der Waals surface area contributed by atoms with E-state index in [1.807, 2.05) is 6.26 Å². The fourth-order valence-electron chi connectivity index (χ4n) is 2.50. The van der Waals surface area contributed by atoms with Crippen molar-refractivity contribution in [3.05, 3.63) is 35.6 Å². The topological polar surface area (TPSA) is 57.6 Å². The molecule has 1 saturated heterocycles. The number of carboxylic acid groups (broad SMARTS) is 1. The first kappa shape index (κ1) is 17.1. The number of aliphatic carboxylic acids is 1. The van der Waals surface area contributed by atoms with Gasteiger partial charge in [-0.2, -0.15) is 23.5 Å². The van der Waals surface area contributed by atoms with Crippen LogP contribution >= 0.6 is 23.5 Å². The van der Waals surface area contributed by atoms with E-state index in [1.54, 1.807) is 12.1 Å². The second kappa shape index (κ2) is 7.87. The van der Waals surface area contributed by atoms with E-state index < -0.39 is 12.0 Å². The van der Waals surface area contributed by atoms with Gasteiger partial charge in [0.05, 0.1) is 5.75 Å². The van der Waals surface area contributed by atoms with Crippen molar-refractivity contribution < 1.29 is 19.1 Å². The molecule has 0 saturated carbocycles. The number of carbonyl (C=O) groups is 2. The number of amides is 1. The third kappa shape index (κ3) is 4.16.